The molecule has 1 saturated carbocycles. The van der Waals surface area contributed by atoms with Gasteiger partial charge in [-0.25, -0.2) is 4.79 Å². The van der Waals surface area contributed by atoms with Crippen molar-refractivity contribution in [2.24, 2.45) is 5.92 Å². The van der Waals surface area contributed by atoms with Gasteiger partial charge < -0.3 is 25.5 Å². The molecule has 1 heterocycles. The van der Waals surface area contributed by atoms with Gasteiger partial charge in [0.2, 0.25) is 0 Å². The zero-order valence-electron chi connectivity index (χ0n) is 12.2. The maximum Gasteiger partial charge on any atom is 0.336 e. The molecule has 0 saturated heterocycles. The van der Waals surface area contributed by atoms with Crippen molar-refractivity contribution in [3.63, 3.8) is 0 Å². The van der Waals surface area contributed by atoms with E-state index in [1.807, 2.05) is 29.6 Å². The summed E-state index contributed by atoms with van der Waals surface area (Å²) in [6.45, 7) is 0. The molecule has 1 fully saturated rings. The summed E-state index contributed by atoms with van der Waals surface area (Å²) >= 11 is 1.58. The van der Waals surface area contributed by atoms with Gasteiger partial charge in [0.1, 0.15) is 6.10 Å². The van der Waals surface area contributed by atoms with Gasteiger partial charge >= 0.3 is 5.97 Å². The van der Waals surface area contributed by atoms with E-state index in [-0.39, 0.29) is 6.42 Å². The van der Waals surface area contributed by atoms with Crippen molar-refractivity contribution in [1.82, 2.24) is 0 Å². The standard InChI is InChI=1S/C16H18O6S/c17-11-7-16(22,15(20)21)10(13(18)14(11)19)6-8-1-2-12-9(5-8)3-4-23-12/h1-5,10-11,13-14,17-19,22H,6-7H2,(H,20,21)/t10-,11-,13-,14-,16-/m1/s1. The molecule has 5 N–H and O–H groups in total. The third kappa shape index (κ3) is 2.75. The average Bonchev–Trinajstić information content (AvgIpc) is 2.97. The van der Waals surface area contributed by atoms with Crippen molar-refractivity contribution in [2.45, 2.75) is 36.8 Å². The van der Waals surface area contributed by atoms with Gasteiger partial charge in [-0.2, -0.15) is 0 Å². The first-order valence-corrected chi connectivity index (χ1v) is 8.17. The fourth-order valence-electron chi connectivity index (χ4n) is 3.27. The predicted octanol–water partition coefficient (Wildman–Crippen LogP) is 0.362. The smallest absolute Gasteiger partial charge is 0.336 e. The van der Waals surface area contributed by atoms with Crippen LogP contribution in [0, 0.1) is 5.92 Å². The molecule has 1 aliphatic rings. The highest BCUT2D eigenvalue weighted by Gasteiger charge is 2.55. The second-order valence-corrected chi connectivity index (χ2v) is 7.03. The molecule has 0 bridgehead atoms. The highest BCUT2D eigenvalue weighted by atomic mass is 32.1. The SMILES string of the molecule is O=C(O)[C@@]1(O)C[C@@H](O)[C@@H](O)[C@H](O)[C@H]1Cc1ccc2sccc2c1. The van der Waals surface area contributed by atoms with Gasteiger partial charge in [0.25, 0.3) is 0 Å². The van der Waals surface area contributed by atoms with E-state index in [4.69, 9.17) is 0 Å². The largest absolute Gasteiger partial charge is 0.479 e. The Balaban J connectivity index is 1.94. The Hall–Kier alpha value is -1.51. The van der Waals surface area contributed by atoms with Crippen LogP contribution in [-0.4, -0.2) is 55.4 Å². The van der Waals surface area contributed by atoms with Crippen LogP contribution >= 0.6 is 11.3 Å². The van der Waals surface area contributed by atoms with Gasteiger partial charge in [0, 0.05) is 17.0 Å². The van der Waals surface area contributed by atoms with Crippen molar-refractivity contribution in [3.8, 4) is 0 Å². The second-order valence-electron chi connectivity index (χ2n) is 6.09. The van der Waals surface area contributed by atoms with Crippen LogP contribution in [0.5, 0.6) is 0 Å². The lowest BCUT2D eigenvalue weighted by Gasteiger charge is -2.44. The normalized spacial score (nSPS) is 34.6. The molecule has 1 aliphatic carbocycles. The third-order valence-corrected chi connectivity index (χ3v) is 5.53. The number of aliphatic hydroxyl groups excluding tert-OH is 3. The minimum absolute atomic E-state index is 0.0829. The molecule has 0 unspecified atom stereocenters. The summed E-state index contributed by atoms with van der Waals surface area (Å²) in [4.78, 5) is 11.5. The molecule has 1 aromatic heterocycles. The lowest BCUT2D eigenvalue weighted by Crippen LogP contribution is -2.63. The lowest BCUT2D eigenvalue weighted by molar-refractivity contribution is -0.209. The topological polar surface area (TPSA) is 118 Å². The highest BCUT2D eigenvalue weighted by molar-refractivity contribution is 7.17. The van der Waals surface area contributed by atoms with Crippen LogP contribution in [0.15, 0.2) is 29.6 Å². The molecule has 3 rings (SSSR count). The Labute approximate surface area is 136 Å². The first-order valence-electron chi connectivity index (χ1n) is 7.29. The van der Waals surface area contributed by atoms with Gasteiger partial charge in [0.15, 0.2) is 5.60 Å². The molecule has 23 heavy (non-hydrogen) atoms. The zero-order chi connectivity index (χ0) is 16.8. The number of thiophene rings is 1. The van der Waals surface area contributed by atoms with Gasteiger partial charge in [-0.15, -0.1) is 11.3 Å². The van der Waals surface area contributed by atoms with E-state index in [1.54, 1.807) is 11.3 Å². The molecule has 0 spiro atoms. The van der Waals surface area contributed by atoms with Crippen molar-refractivity contribution in [1.29, 1.82) is 0 Å². The minimum Gasteiger partial charge on any atom is -0.479 e. The first-order chi connectivity index (χ1) is 10.8. The van der Waals surface area contributed by atoms with E-state index in [1.165, 1.54) is 0 Å². The number of aliphatic hydroxyl groups is 4. The Morgan fingerprint density at radius 3 is 2.65 bits per heavy atom. The first kappa shape index (κ1) is 16.4. The van der Waals surface area contributed by atoms with Crippen LogP contribution in [0.25, 0.3) is 10.1 Å². The van der Waals surface area contributed by atoms with Crippen molar-refractivity contribution in [3.05, 3.63) is 35.2 Å². The van der Waals surface area contributed by atoms with Gasteiger partial charge in [0.05, 0.1) is 12.2 Å². The molecule has 7 heteroatoms. The molecule has 0 radical (unpaired) electrons. The molecule has 6 nitrogen and oxygen atoms in total. The molecule has 1 aromatic carbocycles. The van der Waals surface area contributed by atoms with E-state index in [9.17, 15) is 30.3 Å². The van der Waals surface area contributed by atoms with Crippen molar-refractivity contribution >= 4 is 27.4 Å². The number of benzene rings is 1. The van der Waals surface area contributed by atoms with Gasteiger partial charge in [-0.1, -0.05) is 12.1 Å². The van der Waals surface area contributed by atoms with Crippen LogP contribution < -0.4 is 0 Å². The number of aliphatic carboxylic acids is 1. The zero-order valence-corrected chi connectivity index (χ0v) is 13.0. The summed E-state index contributed by atoms with van der Waals surface area (Å²) in [6, 6.07) is 7.52. The van der Waals surface area contributed by atoms with E-state index in [0.717, 1.165) is 15.6 Å². The maximum absolute atomic E-state index is 11.5. The molecule has 0 aliphatic heterocycles. The number of carboxylic acids is 1. The summed E-state index contributed by atoms with van der Waals surface area (Å²) in [7, 11) is 0. The number of hydrogen-bond acceptors (Lipinski definition) is 6. The third-order valence-electron chi connectivity index (χ3n) is 4.63. The average molecular weight is 338 g/mol. The summed E-state index contributed by atoms with van der Waals surface area (Å²) in [5, 5.41) is 52.5. The predicted molar refractivity (Wildman–Crippen MR) is 84.2 cm³/mol. The molecule has 5 atom stereocenters. The van der Waals surface area contributed by atoms with E-state index >= 15 is 0 Å². The fourth-order valence-corrected chi connectivity index (χ4v) is 4.04. The molecule has 2 aromatic rings. The minimum atomic E-state index is -2.29. The number of carbonyl (C=O) groups is 1. The number of fused-ring (bicyclic) bond motifs is 1. The van der Waals surface area contributed by atoms with Crippen LogP contribution in [0.1, 0.15) is 12.0 Å². The number of rotatable bonds is 3. The Morgan fingerprint density at radius 2 is 1.96 bits per heavy atom. The Bertz CT molecular complexity index is 728. The van der Waals surface area contributed by atoms with Crippen LogP contribution in [-0.2, 0) is 11.2 Å². The van der Waals surface area contributed by atoms with Gasteiger partial charge in [-0.3, -0.25) is 0 Å². The fraction of sp³-hybridized carbons (Fsp3) is 0.438. The van der Waals surface area contributed by atoms with Gasteiger partial charge in [-0.05, 0) is 34.9 Å². The van der Waals surface area contributed by atoms with E-state index in [0.29, 0.717) is 0 Å². The highest BCUT2D eigenvalue weighted by Crippen LogP contribution is 2.37. The Morgan fingerprint density at radius 1 is 1.22 bits per heavy atom. The summed E-state index contributed by atoms with van der Waals surface area (Å²) in [5.41, 5.74) is -1.54. The number of carboxylic acid groups (broad SMARTS) is 1. The van der Waals surface area contributed by atoms with Crippen LogP contribution in [0.4, 0.5) is 0 Å². The molecular weight excluding hydrogens is 320 g/mol. The molecule has 124 valence electrons. The molecular formula is C16H18O6S. The summed E-state index contributed by atoms with van der Waals surface area (Å²) in [6.07, 6.45) is -4.94. The second kappa shape index (κ2) is 5.85. The summed E-state index contributed by atoms with van der Waals surface area (Å²) < 4.78 is 1.09. The molecule has 0 amide bonds. The van der Waals surface area contributed by atoms with Crippen LogP contribution in [0.3, 0.4) is 0 Å². The Kier molecular flexibility index (Phi) is 4.16. The quantitative estimate of drug-likeness (QED) is 0.551. The van der Waals surface area contributed by atoms with Crippen LogP contribution in [0.2, 0.25) is 0 Å². The van der Waals surface area contributed by atoms with E-state index in [2.05, 4.69) is 0 Å². The van der Waals surface area contributed by atoms with E-state index < -0.39 is 42.2 Å². The monoisotopic (exact) mass is 338 g/mol. The van der Waals surface area contributed by atoms with Crippen molar-refractivity contribution in [2.75, 3.05) is 0 Å². The summed E-state index contributed by atoms with van der Waals surface area (Å²) in [5.74, 6) is -2.63. The maximum atomic E-state index is 11.5. The lowest BCUT2D eigenvalue weighted by atomic mass is 9.68. The van der Waals surface area contributed by atoms with Crippen molar-refractivity contribution < 1.29 is 30.3 Å². The number of hydrogen-bond donors (Lipinski definition) is 5.